The van der Waals surface area contributed by atoms with Crippen LogP contribution in [-0.2, 0) is 6.42 Å². The molecule has 0 bridgehead atoms. The average molecular weight is 368 g/mol. The fourth-order valence-electron chi connectivity index (χ4n) is 4.57. The third kappa shape index (κ3) is 2.77. The zero-order valence-corrected chi connectivity index (χ0v) is 16.1. The summed E-state index contributed by atoms with van der Waals surface area (Å²) in [5, 5.41) is 10.5. The lowest BCUT2D eigenvalue weighted by Gasteiger charge is -2.10. The van der Waals surface area contributed by atoms with Crippen LogP contribution >= 0.6 is 0 Å². The summed E-state index contributed by atoms with van der Waals surface area (Å²) in [6.07, 6.45) is 0.955. The van der Waals surface area contributed by atoms with E-state index in [1.807, 2.05) is 0 Å². The first-order valence-corrected chi connectivity index (χ1v) is 10.2. The maximum absolute atomic E-state index is 2.35. The van der Waals surface area contributed by atoms with Crippen molar-refractivity contribution >= 4 is 43.1 Å². The van der Waals surface area contributed by atoms with E-state index in [0.717, 1.165) is 6.42 Å². The molecule has 0 amide bonds. The summed E-state index contributed by atoms with van der Waals surface area (Å²) in [5.41, 5.74) is 2.71. The van der Waals surface area contributed by atoms with Crippen LogP contribution in [0.3, 0.4) is 0 Å². The second kappa shape index (κ2) is 6.46. The van der Waals surface area contributed by atoms with Gasteiger partial charge in [-0.3, -0.25) is 0 Å². The number of benzene rings is 6. The molecule has 0 saturated heterocycles. The maximum atomic E-state index is 2.35. The fraction of sp³-hybridized carbons (Fsp3) is 0.0345. The van der Waals surface area contributed by atoms with Crippen LogP contribution in [0, 0.1) is 0 Å². The van der Waals surface area contributed by atoms with Crippen LogP contribution in [0.5, 0.6) is 0 Å². The molecular formula is C29H20. The normalized spacial score (nSPS) is 11.6. The van der Waals surface area contributed by atoms with Gasteiger partial charge in [-0.2, -0.15) is 0 Å². The zero-order valence-electron chi connectivity index (χ0n) is 16.1. The topological polar surface area (TPSA) is 0 Å². The zero-order chi connectivity index (χ0) is 19.2. The highest BCUT2D eigenvalue weighted by atomic mass is 14.1. The van der Waals surface area contributed by atoms with Crippen molar-refractivity contribution in [3.8, 4) is 0 Å². The molecule has 6 aromatic rings. The van der Waals surface area contributed by atoms with Crippen molar-refractivity contribution in [1.82, 2.24) is 0 Å². The Labute approximate surface area is 170 Å². The number of fused-ring (bicyclic) bond motifs is 6. The van der Waals surface area contributed by atoms with E-state index in [1.54, 1.807) is 0 Å². The first kappa shape index (κ1) is 16.3. The highest BCUT2D eigenvalue weighted by Crippen LogP contribution is 2.32. The molecule has 0 radical (unpaired) electrons. The van der Waals surface area contributed by atoms with Crippen molar-refractivity contribution in [1.29, 1.82) is 0 Å². The van der Waals surface area contributed by atoms with Crippen molar-refractivity contribution in [2.45, 2.75) is 6.42 Å². The second-order valence-corrected chi connectivity index (χ2v) is 7.86. The van der Waals surface area contributed by atoms with Gasteiger partial charge in [-0.1, -0.05) is 109 Å². The molecule has 0 aliphatic rings. The van der Waals surface area contributed by atoms with Gasteiger partial charge in [-0.15, -0.1) is 0 Å². The Morgan fingerprint density at radius 3 is 1.69 bits per heavy atom. The summed E-state index contributed by atoms with van der Waals surface area (Å²) in [6, 6.07) is 40.0. The van der Waals surface area contributed by atoms with Crippen molar-refractivity contribution in [2.75, 3.05) is 0 Å². The summed E-state index contributed by atoms with van der Waals surface area (Å²) in [7, 11) is 0. The van der Waals surface area contributed by atoms with E-state index in [0.29, 0.717) is 0 Å². The van der Waals surface area contributed by atoms with Crippen molar-refractivity contribution in [2.24, 2.45) is 0 Å². The molecule has 0 spiro atoms. The second-order valence-electron chi connectivity index (χ2n) is 7.86. The van der Waals surface area contributed by atoms with E-state index >= 15 is 0 Å². The quantitative estimate of drug-likeness (QED) is 0.273. The number of rotatable bonds is 2. The Morgan fingerprint density at radius 2 is 0.862 bits per heavy atom. The summed E-state index contributed by atoms with van der Waals surface area (Å²) in [5.74, 6) is 0. The molecule has 0 aromatic heterocycles. The third-order valence-corrected chi connectivity index (χ3v) is 6.03. The van der Waals surface area contributed by atoms with Gasteiger partial charge in [0.2, 0.25) is 0 Å². The highest BCUT2D eigenvalue weighted by molar-refractivity contribution is 6.17. The van der Waals surface area contributed by atoms with E-state index in [1.165, 1.54) is 54.2 Å². The van der Waals surface area contributed by atoms with E-state index in [4.69, 9.17) is 0 Å². The van der Waals surface area contributed by atoms with E-state index in [2.05, 4.69) is 109 Å². The monoisotopic (exact) mass is 368 g/mol. The standard InChI is InChI=1S/C29H20/c1-2-7-24-18-20(9-11-22(24)5-1)17-21-10-14-27-25(19-21)13-16-28-26-8-4-3-6-23(26)12-15-29(27)28/h1-16,18-19H,17H2. The maximum Gasteiger partial charge on any atom is -0.00253 e. The van der Waals surface area contributed by atoms with Crippen LogP contribution in [0.2, 0.25) is 0 Å². The molecule has 29 heavy (non-hydrogen) atoms. The third-order valence-electron chi connectivity index (χ3n) is 6.03. The highest BCUT2D eigenvalue weighted by Gasteiger charge is 2.06. The van der Waals surface area contributed by atoms with E-state index in [-0.39, 0.29) is 0 Å². The predicted octanol–water partition coefficient (Wildman–Crippen LogP) is 7.89. The predicted molar refractivity (Wildman–Crippen MR) is 126 cm³/mol. The molecule has 0 atom stereocenters. The lowest BCUT2D eigenvalue weighted by Crippen LogP contribution is -1.89. The van der Waals surface area contributed by atoms with Gasteiger partial charge in [0.1, 0.15) is 0 Å². The van der Waals surface area contributed by atoms with Crippen LogP contribution in [0.1, 0.15) is 11.1 Å². The Morgan fingerprint density at radius 1 is 0.345 bits per heavy atom. The summed E-state index contributed by atoms with van der Waals surface area (Å²) in [6.45, 7) is 0. The first-order chi connectivity index (χ1) is 14.3. The van der Waals surface area contributed by atoms with Crippen molar-refractivity contribution < 1.29 is 0 Å². The Balaban J connectivity index is 1.45. The Hall–Kier alpha value is -3.64. The van der Waals surface area contributed by atoms with Gasteiger partial charge in [0.25, 0.3) is 0 Å². The molecule has 6 aromatic carbocycles. The summed E-state index contributed by atoms with van der Waals surface area (Å²) < 4.78 is 0. The lowest BCUT2D eigenvalue weighted by molar-refractivity contribution is 1.21. The molecule has 0 N–H and O–H groups in total. The van der Waals surface area contributed by atoms with Gasteiger partial charge in [0.15, 0.2) is 0 Å². The minimum atomic E-state index is 0.955. The molecule has 0 fully saturated rings. The largest absolute Gasteiger partial charge is 0.0616 e. The average Bonchev–Trinajstić information content (AvgIpc) is 2.78. The molecule has 0 heteroatoms. The van der Waals surface area contributed by atoms with Gasteiger partial charge >= 0.3 is 0 Å². The first-order valence-electron chi connectivity index (χ1n) is 10.2. The van der Waals surface area contributed by atoms with Crippen LogP contribution in [-0.4, -0.2) is 0 Å². The molecular weight excluding hydrogens is 348 g/mol. The van der Waals surface area contributed by atoms with Gasteiger partial charge in [0.05, 0.1) is 0 Å². The minimum absolute atomic E-state index is 0.955. The van der Waals surface area contributed by atoms with E-state index < -0.39 is 0 Å². The summed E-state index contributed by atoms with van der Waals surface area (Å²) >= 11 is 0. The summed E-state index contributed by atoms with van der Waals surface area (Å²) in [4.78, 5) is 0. The van der Waals surface area contributed by atoms with Crippen LogP contribution < -0.4 is 0 Å². The molecule has 0 aliphatic heterocycles. The number of hydrogen-bond donors (Lipinski definition) is 0. The van der Waals surface area contributed by atoms with Gasteiger partial charge in [-0.25, -0.2) is 0 Å². The fourth-order valence-corrected chi connectivity index (χ4v) is 4.57. The van der Waals surface area contributed by atoms with Crippen molar-refractivity contribution in [3.05, 3.63) is 120 Å². The van der Waals surface area contributed by atoms with Crippen LogP contribution in [0.4, 0.5) is 0 Å². The molecule has 0 unspecified atom stereocenters. The molecule has 0 heterocycles. The van der Waals surface area contributed by atoms with E-state index in [9.17, 15) is 0 Å². The SMILES string of the molecule is c1ccc2cc(Cc3ccc4c(ccc5c6ccccc6ccc45)c3)ccc2c1. The molecule has 0 aliphatic carbocycles. The van der Waals surface area contributed by atoms with Crippen LogP contribution in [0.25, 0.3) is 43.1 Å². The molecule has 0 nitrogen and oxygen atoms in total. The Kier molecular flexibility index (Phi) is 3.64. The molecule has 6 rings (SSSR count). The number of hydrogen-bond acceptors (Lipinski definition) is 0. The van der Waals surface area contributed by atoms with Gasteiger partial charge in [0, 0.05) is 0 Å². The van der Waals surface area contributed by atoms with Crippen molar-refractivity contribution in [3.63, 3.8) is 0 Å². The Bertz CT molecular complexity index is 1520. The van der Waals surface area contributed by atoms with Crippen LogP contribution in [0.15, 0.2) is 109 Å². The van der Waals surface area contributed by atoms with Gasteiger partial charge in [-0.05, 0) is 60.6 Å². The minimum Gasteiger partial charge on any atom is -0.0616 e. The molecule has 0 saturated carbocycles. The lowest BCUT2D eigenvalue weighted by atomic mass is 9.94. The van der Waals surface area contributed by atoms with Gasteiger partial charge < -0.3 is 0 Å². The smallest absolute Gasteiger partial charge is 0.00253 e. The molecule has 136 valence electrons.